The summed E-state index contributed by atoms with van der Waals surface area (Å²) in [7, 11) is 0. The van der Waals surface area contributed by atoms with Crippen LogP contribution in [0.1, 0.15) is 31.7 Å². The Morgan fingerprint density at radius 1 is 1.42 bits per heavy atom. The van der Waals surface area contributed by atoms with Crippen LogP contribution in [0.25, 0.3) is 0 Å². The fraction of sp³-hybridized carbons (Fsp3) is 0.533. The fourth-order valence-corrected chi connectivity index (χ4v) is 2.53. The third-order valence-electron chi connectivity index (χ3n) is 3.68. The van der Waals surface area contributed by atoms with Gasteiger partial charge in [0.15, 0.2) is 0 Å². The number of hydrogen-bond acceptors (Lipinski definition) is 2. The van der Waals surface area contributed by atoms with E-state index in [2.05, 4.69) is 5.32 Å². The molecule has 0 spiro atoms. The van der Waals surface area contributed by atoms with E-state index in [0.717, 1.165) is 25.9 Å². The molecule has 0 radical (unpaired) electrons. The van der Waals surface area contributed by atoms with Gasteiger partial charge in [-0.2, -0.15) is 0 Å². The number of halogens is 1. The molecule has 3 nitrogen and oxygen atoms in total. The van der Waals surface area contributed by atoms with E-state index in [1.165, 1.54) is 6.07 Å². The Morgan fingerprint density at radius 2 is 2.11 bits per heavy atom. The van der Waals surface area contributed by atoms with Gasteiger partial charge in [-0.05, 0) is 50.6 Å². The highest BCUT2D eigenvalue weighted by Crippen LogP contribution is 2.24. The number of aryl methyl sites for hydroxylation is 1. The number of nitrogens with zero attached hydrogens (tertiary/aromatic N) is 1. The van der Waals surface area contributed by atoms with E-state index in [1.807, 2.05) is 13.0 Å². The summed E-state index contributed by atoms with van der Waals surface area (Å²) < 4.78 is 13.7. The SMILES string of the molecule is CCC(=O)N(c1ccc(C)c(F)c1)C1CCNCC1. The molecule has 0 aromatic heterocycles. The van der Waals surface area contributed by atoms with Gasteiger partial charge in [0.1, 0.15) is 5.82 Å². The fourth-order valence-electron chi connectivity index (χ4n) is 2.53. The number of nitrogens with one attached hydrogen (secondary N) is 1. The average Bonchev–Trinajstić information content (AvgIpc) is 2.44. The minimum absolute atomic E-state index is 0.0650. The Kier molecular flexibility index (Phi) is 4.53. The first-order chi connectivity index (χ1) is 9.13. The van der Waals surface area contributed by atoms with Crippen LogP contribution in [-0.2, 0) is 4.79 Å². The van der Waals surface area contributed by atoms with E-state index >= 15 is 0 Å². The molecule has 1 aromatic carbocycles. The van der Waals surface area contributed by atoms with Crippen LogP contribution in [0.2, 0.25) is 0 Å². The highest BCUT2D eigenvalue weighted by Gasteiger charge is 2.26. The summed E-state index contributed by atoms with van der Waals surface area (Å²) in [4.78, 5) is 14.0. The van der Waals surface area contributed by atoms with Crippen molar-refractivity contribution in [2.24, 2.45) is 0 Å². The minimum Gasteiger partial charge on any atom is -0.317 e. The topological polar surface area (TPSA) is 32.3 Å². The van der Waals surface area contributed by atoms with Crippen molar-refractivity contribution in [2.45, 2.75) is 39.2 Å². The van der Waals surface area contributed by atoms with Crippen molar-refractivity contribution in [2.75, 3.05) is 18.0 Å². The van der Waals surface area contributed by atoms with Crippen molar-refractivity contribution in [3.8, 4) is 0 Å². The Balaban J connectivity index is 2.30. The Bertz CT molecular complexity index is 455. The van der Waals surface area contributed by atoms with Gasteiger partial charge in [0, 0.05) is 18.2 Å². The van der Waals surface area contributed by atoms with E-state index in [1.54, 1.807) is 17.9 Å². The smallest absolute Gasteiger partial charge is 0.226 e. The van der Waals surface area contributed by atoms with Gasteiger partial charge in [-0.1, -0.05) is 13.0 Å². The zero-order valence-electron chi connectivity index (χ0n) is 11.6. The highest BCUT2D eigenvalue weighted by atomic mass is 19.1. The number of piperidine rings is 1. The summed E-state index contributed by atoms with van der Waals surface area (Å²) in [6.45, 7) is 5.40. The molecule has 1 aliphatic heterocycles. The largest absolute Gasteiger partial charge is 0.317 e. The first kappa shape index (κ1) is 14.0. The molecule has 19 heavy (non-hydrogen) atoms. The first-order valence-electron chi connectivity index (χ1n) is 6.92. The third-order valence-corrected chi connectivity index (χ3v) is 3.68. The van der Waals surface area contributed by atoms with Crippen molar-refractivity contribution in [1.82, 2.24) is 5.32 Å². The quantitative estimate of drug-likeness (QED) is 0.910. The molecule has 0 aliphatic carbocycles. The van der Waals surface area contributed by atoms with Crippen molar-refractivity contribution >= 4 is 11.6 Å². The molecule has 0 saturated carbocycles. The molecule has 1 N–H and O–H groups in total. The van der Waals surface area contributed by atoms with Crippen molar-refractivity contribution in [1.29, 1.82) is 0 Å². The van der Waals surface area contributed by atoms with Gasteiger partial charge in [-0.3, -0.25) is 4.79 Å². The van der Waals surface area contributed by atoms with Crippen LogP contribution in [0, 0.1) is 12.7 Å². The molecule has 1 heterocycles. The number of carbonyl (C=O) groups is 1. The molecular weight excluding hydrogens is 243 g/mol. The zero-order chi connectivity index (χ0) is 13.8. The van der Waals surface area contributed by atoms with Crippen LogP contribution in [0.4, 0.5) is 10.1 Å². The van der Waals surface area contributed by atoms with Gasteiger partial charge in [0.2, 0.25) is 5.91 Å². The third kappa shape index (κ3) is 3.13. The van der Waals surface area contributed by atoms with Gasteiger partial charge >= 0.3 is 0 Å². The van der Waals surface area contributed by atoms with Crippen LogP contribution in [0.3, 0.4) is 0 Å². The van der Waals surface area contributed by atoms with Crippen LogP contribution >= 0.6 is 0 Å². The second kappa shape index (κ2) is 6.15. The molecule has 1 aliphatic rings. The number of hydrogen-bond donors (Lipinski definition) is 1. The number of benzene rings is 1. The lowest BCUT2D eigenvalue weighted by molar-refractivity contribution is -0.118. The molecule has 1 saturated heterocycles. The summed E-state index contributed by atoms with van der Waals surface area (Å²) in [6.07, 6.45) is 2.28. The second-order valence-electron chi connectivity index (χ2n) is 5.03. The molecule has 104 valence electrons. The molecule has 2 rings (SSSR count). The van der Waals surface area contributed by atoms with Gasteiger partial charge < -0.3 is 10.2 Å². The van der Waals surface area contributed by atoms with E-state index in [4.69, 9.17) is 0 Å². The molecule has 0 atom stereocenters. The zero-order valence-corrected chi connectivity index (χ0v) is 11.6. The lowest BCUT2D eigenvalue weighted by Crippen LogP contribution is -2.46. The van der Waals surface area contributed by atoms with Crippen LogP contribution in [0.15, 0.2) is 18.2 Å². The van der Waals surface area contributed by atoms with E-state index < -0.39 is 0 Å². The molecule has 1 fully saturated rings. The predicted octanol–water partition coefficient (Wildman–Crippen LogP) is 2.63. The maximum atomic E-state index is 13.7. The summed E-state index contributed by atoms with van der Waals surface area (Å²) in [5.74, 6) is -0.185. The Morgan fingerprint density at radius 3 is 2.68 bits per heavy atom. The van der Waals surface area contributed by atoms with Gasteiger partial charge in [-0.15, -0.1) is 0 Å². The van der Waals surface area contributed by atoms with Gasteiger partial charge in [0.05, 0.1) is 0 Å². The Labute approximate surface area is 113 Å². The average molecular weight is 264 g/mol. The monoisotopic (exact) mass is 264 g/mol. The molecule has 4 heteroatoms. The summed E-state index contributed by atoms with van der Waals surface area (Å²) in [5, 5.41) is 3.29. The Hall–Kier alpha value is -1.42. The van der Waals surface area contributed by atoms with Crippen molar-refractivity contribution in [3.63, 3.8) is 0 Å². The maximum absolute atomic E-state index is 13.7. The second-order valence-corrected chi connectivity index (χ2v) is 5.03. The summed E-state index contributed by atoms with van der Waals surface area (Å²) in [6, 6.07) is 5.23. The van der Waals surface area contributed by atoms with Crippen molar-refractivity contribution in [3.05, 3.63) is 29.6 Å². The highest BCUT2D eigenvalue weighted by molar-refractivity contribution is 5.93. The number of rotatable bonds is 3. The van der Waals surface area contributed by atoms with E-state index in [0.29, 0.717) is 17.7 Å². The van der Waals surface area contributed by atoms with Gasteiger partial charge in [-0.25, -0.2) is 4.39 Å². The number of amides is 1. The summed E-state index contributed by atoms with van der Waals surface area (Å²) in [5.41, 5.74) is 1.29. The normalized spacial score (nSPS) is 16.4. The van der Waals surface area contributed by atoms with Crippen LogP contribution < -0.4 is 10.2 Å². The standard InChI is InChI=1S/C15H21FN2O/c1-3-15(19)18(12-6-8-17-9-7-12)13-5-4-11(2)14(16)10-13/h4-5,10,12,17H,3,6-9H2,1-2H3. The predicted molar refractivity (Wildman–Crippen MR) is 74.8 cm³/mol. The van der Waals surface area contributed by atoms with Crippen LogP contribution in [0.5, 0.6) is 0 Å². The lowest BCUT2D eigenvalue weighted by atomic mass is 10.0. The van der Waals surface area contributed by atoms with Crippen molar-refractivity contribution < 1.29 is 9.18 Å². The first-order valence-corrected chi connectivity index (χ1v) is 6.92. The lowest BCUT2D eigenvalue weighted by Gasteiger charge is -2.34. The molecule has 1 aromatic rings. The number of anilines is 1. The maximum Gasteiger partial charge on any atom is 0.226 e. The summed E-state index contributed by atoms with van der Waals surface area (Å²) >= 11 is 0. The van der Waals surface area contributed by atoms with E-state index in [-0.39, 0.29) is 17.8 Å². The van der Waals surface area contributed by atoms with Crippen LogP contribution in [-0.4, -0.2) is 25.0 Å². The van der Waals surface area contributed by atoms with Gasteiger partial charge in [0.25, 0.3) is 0 Å². The number of carbonyl (C=O) groups excluding carboxylic acids is 1. The molecular formula is C15H21FN2O. The minimum atomic E-state index is -0.250. The molecule has 1 amide bonds. The molecule has 0 bridgehead atoms. The molecule has 0 unspecified atom stereocenters. The van der Waals surface area contributed by atoms with E-state index in [9.17, 15) is 9.18 Å².